The van der Waals surface area contributed by atoms with Gasteiger partial charge in [-0.1, -0.05) is 19.8 Å². The van der Waals surface area contributed by atoms with Gasteiger partial charge in [0, 0.05) is 19.3 Å². The number of hydrogen-bond acceptors (Lipinski definition) is 2. The largest absolute Gasteiger partial charge is 0.290 e. The maximum atomic E-state index is 5.50. The maximum absolute atomic E-state index is 5.50. The van der Waals surface area contributed by atoms with Crippen LogP contribution in [-0.2, 0) is 0 Å². The zero-order valence-electron chi connectivity index (χ0n) is 10.7. The van der Waals surface area contributed by atoms with Crippen LogP contribution in [0, 0.1) is 18.3 Å². The van der Waals surface area contributed by atoms with Crippen molar-refractivity contribution in [1.82, 2.24) is 9.78 Å². The number of aromatic nitrogens is 2. The van der Waals surface area contributed by atoms with Crippen LogP contribution in [0.2, 0.25) is 0 Å². The van der Waals surface area contributed by atoms with Crippen molar-refractivity contribution < 1.29 is 0 Å². The first-order valence-electron chi connectivity index (χ1n) is 5.54. The third-order valence-corrected chi connectivity index (χ3v) is 2.45. The molecule has 0 atom stereocenters. The van der Waals surface area contributed by atoms with Gasteiger partial charge >= 0.3 is 0 Å². The summed E-state index contributed by atoms with van der Waals surface area (Å²) in [5, 5.41) is 4.52. The van der Waals surface area contributed by atoms with Gasteiger partial charge in [-0.15, -0.1) is 6.42 Å². The molecule has 3 heteroatoms. The van der Waals surface area contributed by atoms with Crippen molar-refractivity contribution >= 4 is 5.71 Å². The minimum absolute atomic E-state index is 0.311. The summed E-state index contributed by atoms with van der Waals surface area (Å²) in [6, 6.07) is 0.311. The van der Waals surface area contributed by atoms with Gasteiger partial charge in [0.25, 0.3) is 0 Å². The standard InChI is InChI=1S/C13H19N3/c1-7-11-8-16(10(4)5)15-13(11)12(14-6)9(2)3/h1,8-10H,2-6H3/b14-12-. The van der Waals surface area contributed by atoms with Gasteiger partial charge in [0.1, 0.15) is 5.69 Å². The Balaban J connectivity index is 3.28. The van der Waals surface area contributed by atoms with Crippen LogP contribution in [-0.4, -0.2) is 22.5 Å². The van der Waals surface area contributed by atoms with Crippen molar-refractivity contribution in [2.45, 2.75) is 33.7 Å². The Bertz CT molecular complexity index is 431. The summed E-state index contributed by atoms with van der Waals surface area (Å²) >= 11 is 0. The molecule has 3 nitrogen and oxygen atoms in total. The lowest BCUT2D eigenvalue weighted by Crippen LogP contribution is -2.12. The van der Waals surface area contributed by atoms with Crippen LogP contribution in [0.15, 0.2) is 11.2 Å². The molecule has 1 aromatic rings. The molecule has 16 heavy (non-hydrogen) atoms. The number of nitrogens with zero attached hydrogens (tertiary/aromatic N) is 3. The molecular formula is C13H19N3. The quantitative estimate of drug-likeness (QED) is 0.565. The van der Waals surface area contributed by atoms with E-state index in [0.29, 0.717) is 12.0 Å². The van der Waals surface area contributed by atoms with E-state index in [1.165, 1.54) is 0 Å². The Labute approximate surface area is 97.6 Å². The molecule has 1 rings (SSSR count). The Kier molecular flexibility index (Phi) is 3.89. The highest BCUT2D eigenvalue weighted by molar-refractivity contribution is 6.02. The van der Waals surface area contributed by atoms with Gasteiger partial charge in [-0.05, 0) is 19.8 Å². The van der Waals surface area contributed by atoms with Crippen LogP contribution in [0.4, 0.5) is 0 Å². The van der Waals surface area contributed by atoms with Crippen LogP contribution in [0.5, 0.6) is 0 Å². The number of terminal acetylenes is 1. The van der Waals surface area contributed by atoms with Crippen molar-refractivity contribution in [1.29, 1.82) is 0 Å². The van der Waals surface area contributed by atoms with Gasteiger partial charge in [-0.3, -0.25) is 9.67 Å². The summed E-state index contributed by atoms with van der Waals surface area (Å²) in [7, 11) is 1.78. The summed E-state index contributed by atoms with van der Waals surface area (Å²) in [6.07, 6.45) is 7.41. The summed E-state index contributed by atoms with van der Waals surface area (Å²) < 4.78 is 1.89. The number of hydrogen-bond donors (Lipinski definition) is 0. The normalized spacial score (nSPS) is 12.2. The molecule has 0 aromatic carbocycles. The summed E-state index contributed by atoms with van der Waals surface area (Å²) in [5.41, 5.74) is 2.63. The highest BCUT2D eigenvalue weighted by Gasteiger charge is 2.16. The molecule has 0 saturated heterocycles. The average Bonchev–Trinajstić information content (AvgIpc) is 2.62. The van der Waals surface area contributed by atoms with Gasteiger partial charge < -0.3 is 0 Å². The summed E-state index contributed by atoms with van der Waals surface area (Å²) in [6.45, 7) is 8.35. The predicted molar refractivity (Wildman–Crippen MR) is 67.8 cm³/mol. The smallest absolute Gasteiger partial charge is 0.122 e. The molecule has 0 aliphatic carbocycles. The van der Waals surface area contributed by atoms with Crippen molar-refractivity contribution in [2.24, 2.45) is 10.9 Å². The maximum Gasteiger partial charge on any atom is 0.122 e. The number of rotatable bonds is 3. The summed E-state index contributed by atoms with van der Waals surface area (Å²) in [5.74, 6) is 3.00. The van der Waals surface area contributed by atoms with E-state index in [1.54, 1.807) is 7.05 Å². The second-order valence-electron chi connectivity index (χ2n) is 4.37. The minimum atomic E-state index is 0.311. The fraction of sp³-hybridized carbons (Fsp3) is 0.538. The van der Waals surface area contributed by atoms with E-state index in [4.69, 9.17) is 6.42 Å². The Morgan fingerprint density at radius 1 is 1.44 bits per heavy atom. The van der Waals surface area contributed by atoms with Gasteiger partial charge in [0.15, 0.2) is 0 Å². The third-order valence-electron chi connectivity index (χ3n) is 2.45. The minimum Gasteiger partial charge on any atom is -0.290 e. The fourth-order valence-electron chi connectivity index (χ4n) is 1.59. The van der Waals surface area contributed by atoms with Crippen LogP contribution >= 0.6 is 0 Å². The van der Waals surface area contributed by atoms with E-state index in [1.807, 2.05) is 10.9 Å². The zero-order chi connectivity index (χ0) is 12.3. The molecule has 1 aromatic heterocycles. The highest BCUT2D eigenvalue weighted by Crippen LogP contribution is 2.15. The van der Waals surface area contributed by atoms with Gasteiger partial charge in [-0.25, -0.2) is 0 Å². The molecule has 0 aliphatic heterocycles. The molecular weight excluding hydrogens is 198 g/mol. The highest BCUT2D eigenvalue weighted by atomic mass is 15.3. The van der Waals surface area contributed by atoms with Crippen molar-refractivity contribution in [3.63, 3.8) is 0 Å². The van der Waals surface area contributed by atoms with E-state index in [-0.39, 0.29) is 0 Å². The Morgan fingerprint density at radius 3 is 2.44 bits per heavy atom. The number of aliphatic imine (C=N–C) groups is 1. The van der Waals surface area contributed by atoms with Crippen molar-refractivity contribution in [2.75, 3.05) is 7.05 Å². The van der Waals surface area contributed by atoms with Crippen molar-refractivity contribution in [3.05, 3.63) is 17.5 Å². The zero-order valence-corrected chi connectivity index (χ0v) is 10.7. The second-order valence-corrected chi connectivity index (χ2v) is 4.37. The lowest BCUT2D eigenvalue weighted by Gasteiger charge is -2.07. The first-order valence-corrected chi connectivity index (χ1v) is 5.54. The third kappa shape index (κ3) is 2.33. The van der Waals surface area contributed by atoms with Crippen molar-refractivity contribution in [3.8, 4) is 12.3 Å². The van der Waals surface area contributed by atoms with Crippen LogP contribution < -0.4 is 0 Å². The van der Waals surface area contributed by atoms with E-state index < -0.39 is 0 Å². The molecule has 0 spiro atoms. The van der Waals surface area contributed by atoms with E-state index in [2.05, 4.69) is 43.7 Å². The lowest BCUT2D eigenvalue weighted by atomic mass is 10.0. The first-order chi connectivity index (χ1) is 7.51. The molecule has 0 amide bonds. The summed E-state index contributed by atoms with van der Waals surface area (Å²) in [4.78, 5) is 4.28. The molecule has 0 N–H and O–H groups in total. The molecule has 0 radical (unpaired) electrons. The lowest BCUT2D eigenvalue weighted by molar-refractivity contribution is 0.531. The average molecular weight is 217 g/mol. The molecule has 0 fully saturated rings. The van der Waals surface area contributed by atoms with Crippen LogP contribution in [0.1, 0.15) is 45.0 Å². The van der Waals surface area contributed by atoms with Crippen LogP contribution in [0.3, 0.4) is 0 Å². The van der Waals surface area contributed by atoms with Gasteiger partial charge in [0.05, 0.1) is 11.3 Å². The van der Waals surface area contributed by atoms with E-state index in [0.717, 1.165) is 17.0 Å². The molecule has 0 aliphatic rings. The second kappa shape index (κ2) is 4.98. The van der Waals surface area contributed by atoms with E-state index >= 15 is 0 Å². The molecule has 0 saturated carbocycles. The topological polar surface area (TPSA) is 30.2 Å². The van der Waals surface area contributed by atoms with Gasteiger partial charge in [-0.2, -0.15) is 5.10 Å². The Hall–Kier alpha value is -1.56. The van der Waals surface area contributed by atoms with E-state index in [9.17, 15) is 0 Å². The van der Waals surface area contributed by atoms with Crippen LogP contribution in [0.25, 0.3) is 0 Å². The SMILES string of the molecule is C#Cc1cn(C(C)C)nc1/C(=N\C)C(C)C. The molecule has 0 bridgehead atoms. The fourth-order valence-corrected chi connectivity index (χ4v) is 1.59. The molecule has 0 unspecified atom stereocenters. The first kappa shape index (κ1) is 12.5. The molecule has 1 heterocycles. The Morgan fingerprint density at radius 2 is 2.06 bits per heavy atom. The molecule has 86 valence electrons. The van der Waals surface area contributed by atoms with Gasteiger partial charge in [0.2, 0.25) is 0 Å². The predicted octanol–water partition coefficient (Wildman–Crippen LogP) is 2.52. The monoisotopic (exact) mass is 217 g/mol.